The normalized spacial score (nSPS) is 23.0. The van der Waals surface area contributed by atoms with Crippen molar-refractivity contribution >= 4 is 17.4 Å². The van der Waals surface area contributed by atoms with E-state index in [9.17, 15) is 0 Å². The fourth-order valence-corrected chi connectivity index (χ4v) is 3.65. The van der Waals surface area contributed by atoms with Crippen LogP contribution in [0.15, 0.2) is 47.5 Å². The predicted octanol–water partition coefficient (Wildman–Crippen LogP) is 3.41. The van der Waals surface area contributed by atoms with Gasteiger partial charge in [-0.15, -0.1) is 0 Å². The molecule has 0 fully saturated rings. The number of benzene rings is 2. The summed E-state index contributed by atoms with van der Waals surface area (Å²) in [5.41, 5.74) is 17.3. The fraction of sp³-hybridized carbons (Fsp3) is 0.278. The van der Waals surface area contributed by atoms with Gasteiger partial charge in [0.1, 0.15) is 6.10 Å². The van der Waals surface area contributed by atoms with E-state index in [1.54, 1.807) is 0 Å². The number of aryl methyl sites for hydroxylation is 1. The third-order valence-electron chi connectivity index (χ3n) is 4.62. The highest BCUT2D eigenvalue weighted by Crippen LogP contribution is 2.46. The van der Waals surface area contributed by atoms with Crippen molar-refractivity contribution in [3.63, 3.8) is 0 Å². The molecule has 0 amide bonds. The van der Waals surface area contributed by atoms with Crippen molar-refractivity contribution in [1.29, 1.82) is 0 Å². The standard InChI is InChI=1S/C18H19N3O/c19-12-8-9-16-15(10-12)17(22-18(20)21-16)14-7-3-5-11-4-1-2-6-13(11)14/h1-2,4,6,8-10,14,17H,3,5,7,19H2,(H2,20,21). The topological polar surface area (TPSA) is 73.6 Å². The van der Waals surface area contributed by atoms with Gasteiger partial charge in [-0.05, 0) is 48.6 Å². The van der Waals surface area contributed by atoms with Crippen LogP contribution in [-0.2, 0) is 11.2 Å². The Labute approximate surface area is 129 Å². The quantitative estimate of drug-likeness (QED) is 0.791. The molecule has 22 heavy (non-hydrogen) atoms. The van der Waals surface area contributed by atoms with Gasteiger partial charge in [-0.1, -0.05) is 24.3 Å². The molecule has 0 saturated heterocycles. The van der Waals surface area contributed by atoms with Crippen LogP contribution in [0, 0.1) is 0 Å². The molecule has 2 unspecified atom stereocenters. The molecule has 4 nitrogen and oxygen atoms in total. The number of nitrogens with two attached hydrogens (primary N) is 2. The second kappa shape index (κ2) is 5.05. The summed E-state index contributed by atoms with van der Waals surface area (Å²) in [4.78, 5) is 4.30. The highest BCUT2D eigenvalue weighted by molar-refractivity contribution is 5.79. The highest BCUT2D eigenvalue weighted by Gasteiger charge is 2.34. The Morgan fingerprint density at radius 2 is 1.91 bits per heavy atom. The van der Waals surface area contributed by atoms with E-state index in [2.05, 4.69) is 29.3 Å². The molecular formula is C18H19N3O. The molecule has 0 aromatic heterocycles. The first-order valence-electron chi connectivity index (χ1n) is 7.70. The Hall–Kier alpha value is -2.49. The van der Waals surface area contributed by atoms with Crippen LogP contribution in [0.1, 0.15) is 41.6 Å². The van der Waals surface area contributed by atoms with Crippen LogP contribution >= 0.6 is 0 Å². The van der Waals surface area contributed by atoms with E-state index in [-0.39, 0.29) is 12.1 Å². The molecule has 2 atom stereocenters. The van der Waals surface area contributed by atoms with Crippen molar-refractivity contribution in [2.75, 3.05) is 5.73 Å². The van der Waals surface area contributed by atoms with E-state index < -0.39 is 0 Å². The van der Waals surface area contributed by atoms with Crippen molar-refractivity contribution in [3.05, 3.63) is 59.2 Å². The highest BCUT2D eigenvalue weighted by atomic mass is 16.5. The number of hydrogen-bond donors (Lipinski definition) is 2. The summed E-state index contributed by atoms with van der Waals surface area (Å²) in [6, 6.07) is 14.6. The van der Waals surface area contributed by atoms with Crippen molar-refractivity contribution in [2.24, 2.45) is 10.7 Å². The Morgan fingerprint density at radius 3 is 2.82 bits per heavy atom. The first kappa shape index (κ1) is 13.2. The third-order valence-corrected chi connectivity index (χ3v) is 4.62. The van der Waals surface area contributed by atoms with Gasteiger partial charge in [0.25, 0.3) is 6.02 Å². The molecule has 4 N–H and O–H groups in total. The van der Waals surface area contributed by atoms with Crippen LogP contribution in [-0.4, -0.2) is 6.02 Å². The van der Waals surface area contributed by atoms with Crippen molar-refractivity contribution in [1.82, 2.24) is 0 Å². The summed E-state index contributed by atoms with van der Waals surface area (Å²) in [5, 5.41) is 0. The maximum atomic E-state index is 5.97. The molecule has 0 spiro atoms. The number of aliphatic imine (C=N–C) groups is 1. The third kappa shape index (κ3) is 2.11. The zero-order valence-corrected chi connectivity index (χ0v) is 12.3. The lowest BCUT2D eigenvalue weighted by atomic mass is 9.77. The lowest BCUT2D eigenvalue weighted by molar-refractivity contribution is 0.142. The molecule has 0 saturated carbocycles. The summed E-state index contributed by atoms with van der Waals surface area (Å²) >= 11 is 0. The molecular weight excluding hydrogens is 274 g/mol. The predicted molar refractivity (Wildman–Crippen MR) is 88.1 cm³/mol. The van der Waals surface area contributed by atoms with Crippen LogP contribution < -0.4 is 11.5 Å². The average molecular weight is 293 g/mol. The number of amidine groups is 1. The molecule has 0 bridgehead atoms. The lowest BCUT2D eigenvalue weighted by Gasteiger charge is -2.34. The smallest absolute Gasteiger partial charge is 0.287 e. The zero-order valence-electron chi connectivity index (χ0n) is 12.3. The molecule has 4 rings (SSSR count). The summed E-state index contributed by atoms with van der Waals surface area (Å²) < 4.78 is 5.94. The van der Waals surface area contributed by atoms with Gasteiger partial charge in [0.2, 0.25) is 0 Å². The first-order chi connectivity index (χ1) is 10.7. The molecule has 4 heteroatoms. The summed E-state index contributed by atoms with van der Waals surface area (Å²) in [7, 11) is 0. The van der Waals surface area contributed by atoms with Gasteiger partial charge >= 0.3 is 0 Å². The summed E-state index contributed by atoms with van der Waals surface area (Å²) in [6.07, 6.45) is 3.27. The van der Waals surface area contributed by atoms with E-state index >= 15 is 0 Å². The van der Waals surface area contributed by atoms with E-state index in [1.165, 1.54) is 11.1 Å². The van der Waals surface area contributed by atoms with Gasteiger partial charge < -0.3 is 16.2 Å². The second-order valence-electron chi connectivity index (χ2n) is 6.00. The maximum Gasteiger partial charge on any atom is 0.287 e. The number of hydrogen-bond acceptors (Lipinski definition) is 4. The van der Waals surface area contributed by atoms with Crippen molar-refractivity contribution < 1.29 is 4.74 Å². The summed E-state index contributed by atoms with van der Waals surface area (Å²) in [6.45, 7) is 0. The molecule has 2 aromatic carbocycles. The maximum absolute atomic E-state index is 5.97. The molecule has 1 aliphatic carbocycles. The summed E-state index contributed by atoms with van der Waals surface area (Å²) in [5.74, 6) is 0.291. The van der Waals surface area contributed by atoms with Crippen molar-refractivity contribution in [3.8, 4) is 0 Å². The van der Waals surface area contributed by atoms with E-state index in [4.69, 9.17) is 16.2 Å². The van der Waals surface area contributed by atoms with Gasteiger partial charge in [0.05, 0.1) is 5.69 Å². The molecule has 1 heterocycles. The molecule has 0 radical (unpaired) electrons. The Kier molecular flexibility index (Phi) is 3.03. The van der Waals surface area contributed by atoms with Crippen LogP contribution in [0.4, 0.5) is 11.4 Å². The van der Waals surface area contributed by atoms with E-state index in [0.29, 0.717) is 5.92 Å². The van der Waals surface area contributed by atoms with Gasteiger partial charge in [-0.25, -0.2) is 0 Å². The van der Waals surface area contributed by atoms with Gasteiger partial charge in [0, 0.05) is 17.2 Å². The SMILES string of the molecule is NC1=Nc2ccc(N)cc2C(C2CCCc3ccccc32)O1. The molecule has 1 aliphatic heterocycles. The lowest BCUT2D eigenvalue weighted by Crippen LogP contribution is -2.28. The number of nitrogens with zero attached hydrogens (tertiary/aromatic N) is 1. The molecule has 112 valence electrons. The van der Waals surface area contributed by atoms with E-state index in [0.717, 1.165) is 36.2 Å². The second-order valence-corrected chi connectivity index (χ2v) is 6.00. The Bertz CT molecular complexity index is 754. The largest absolute Gasteiger partial charge is 0.456 e. The first-order valence-corrected chi connectivity index (χ1v) is 7.70. The van der Waals surface area contributed by atoms with Gasteiger partial charge in [-0.2, -0.15) is 4.99 Å². The number of ether oxygens (including phenoxy) is 1. The monoisotopic (exact) mass is 293 g/mol. The number of fused-ring (bicyclic) bond motifs is 2. The van der Waals surface area contributed by atoms with Crippen LogP contribution in [0.25, 0.3) is 0 Å². The molecule has 2 aliphatic rings. The minimum atomic E-state index is -0.113. The Balaban J connectivity index is 1.82. The van der Waals surface area contributed by atoms with Gasteiger partial charge in [-0.3, -0.25) is 0 Å². The number of anilines is 1. The van der Waals surface area contributed by atoms with Gasteiger partial charge in [0.15, 0.2) is 0 Å². The van der Waals surface area contributed by atoms with Crippen LogP contribution in [0.2, 0.25) is 0 Å². The zero-order chi connectivity index (χ0) is 15.1. The minimum absolute atomic E-state index is 0.113. The van der Waals surface area contributed by atoms with E-state index in [1.807, 2.05) is 18.2 Å². The molecule has 2 aromatic rings. The van der Waals surface area contributed by atoms with Crippen molar-refractivity contribution in [2.45, 2.75) is 31.3 Å². The fourth-order valence-electron chi connectivity index (χ4n) is 3.65. The van der Waals surface area contributed by atoms with Crippen LogP contribution in [0.3, 0.4) is 0 Å². The number of nitrogen functional groups attached to an aromatic ring is 1. The number of rotatable bonds is 1. The average Bonchev–Trinajstić information content (AvgIpc) is 2.54. The Morgan fingerprint density at radius 1 is 1.05 bits per heavy atom. The van der Waals surface area contributed by atoms with Crippen LogP contribution in [0.5, 0.6) is 0 Å². The minimum Gasteiger partial charge on any atom is -0.456 e.